The second kappa shape index (κ2) is 4.44. The first kappa shape index (κ1) is 12.1. The third kappa shape index (κ3) is 1.83. The number of halogens is 2. The Morgan fingerprint density at radius 3 is 2.90 bits per heavy atom. The SMILES string of the molecule is Fc1ccc(-n2nc(-c3ccco3)c3c2NCC3)c(F)c1. The Morgan fingerprint density at radius 2 is 2.14 bits per heavy atom. The molecule has 4 nitrogen and oxygen atoms in total. The summed E-state index contributed by atoms with van der Waals surface area (Å²) in [5.74, 6) is 0.0994. The molecule has 1 aliphatic heterocycles. The predicted molar refractivity (Wildman–Crippen MR) is 73.4 cm³/mol. The molecule has 0 fully saturated rings. The number of rotatable bonds is 2. The number of hydrogen-bond acceptors (Lipinski definition) is 3. The van der Waals surface area contributed by atoms with Crippen LogP contribution in [0.15, 0.2) is 41.0 Å². The van der Waals surface area contributed by atoms with E-state index in [-0.39, 0.29) is 5.69 Å². The molecule has 0 unspecified atom stereocenters. The Labute approximate surface area is 119 Å². The number of fused-ring (bicyclic) bond motifs is 1. The van der Waals surface area contributed by atoms with Crippen LogP contribution >= 0.6 is 0 Å². The van der Waals surface area contributed by atoms with Crippen LogP contribution in [0.2, 0.25) is 0 Å². The maximum atomic E-state index is 14.0. The van der Waals surface area contributed by atoms with Gasteiger partial charge in [0.2, 0.25) is 0 Å². The number of nitrogens with zero attached hydrogens (tertiary/aromatic N) is 2. The molecule has 1 aliphatic rings. The number of hydrogen-bond donors (Lipinski definition) is 1. The van der Waals surface area contributed by atoms with Crippen molar-refractivity contribution < 1.29 is 13.2 Å². The molecular weight excluding hydrogens is 276 g/mol. The van der Waals surface area contributed by atoms with Crippen molar-refractivity contribution in [2.45, 2.75) is 6.42 Å². The predicted octanol–water partition coefficient (Wildman–Crippen LogP) is 3.38. The second-order valence-electron chi connectivity index (χ2n) is 4.84. The van der Waals surface area contributed by atoms with Crippen molar-refractivity contribution >= 4 is 5.82 Å². The van der Waals surface area contributed by atoms with E-state index in [2.05, 4.69) is 10.4 Å². The molecule has 0 aliphatic carbocycles. The number of aromatic nitrogens is 2. The van der Waals surface area contributed by atoms with Crippen LogP contribution in [0, 0.1) is 11.6 Å². The highest BCUT2D eigenvalue weighted by Crippen LogP contribution is 2.35. The first-order valence-corrected chi connectivity index (χ1v) is 6.59. The van der Waals surface area contributed by atoms with Crippen LogP contribution in [-0.2, 0) is 6.42 Å². The lowest BCUT2D eigenvalue weighted by atomic mass is 10.2. The summed E-state index contributed by atoms with van der Waals surface area (Å²) in [6, 6.07) is 7.04. The zero-order valence-corrected chi connectivity index (χ0v) is 10.9. The van der Waals surface area contributed by atoms with Crippen LogP contribution in [-0.4, -0.2) is 16.3 Å². The highest BCUT2D eigenvalue weighted by atomic mass is 19.1. The zero-order valence-electron chi connectivity index (χ0n) is 10.9. The Kier molecular flexibility index (Phi) is 2.57. The number of anilines is 1. The summed E-state index contributed by atoms with van der Waals surface area (Å²) in [7, 11) is 0. The fraction of sp³-hybridized carbons (Fsp3) is 0.133. The van der Waals surface area contributed by atoms with Crippen LogP contribution in [0.5, 0.6) is 0 Å². The second-order valence-corrected chi connectivity index (χ2v) is 4.84. The Balaban J connectivity index is 1.92. The molecule has 3 heterocycles. The van der Waals surface area contributed by atoms with E-state index in [9.17, 15) is 8.78 Å². The van der Waals surface area contributed by atoms with Crippen molar-refractivity contribution in [3.05, 3.63) is 53.8 Å². The molecule has 0 radical (unpaired) electrons. The minimum atomic E-state index is -0.653. The van der Waals surface area contributed by atoms with Crippen LogP contribution < -0.4 is 5.32 Å². The van der Waals surface area contributed by atoms with Gasteiger partial charge in [-0.2, -0.15) is 5.10 Å². The van der Waals surface area contributed by atoms with Crippen LogP contribution in [0.4, 0.5) is 14.6 Å². The van der Waals surface area contributed by atoms with E-state index >= 15 is 0 Å². The third-order valence-corrected chi connectivity index (χ3v) is 3.54. The lowest BCUT2D eigenvalue weighted by molar-refractivity contribution is 0.570. The van der Waals surface area contributed by atoms with E-state index in [1.807, 2.05) is 6.07 Å². The lowest BCUT2D eigenvalue weighted by Gasteiger charge is -2.07. The standard InChI is InChI=1S/C15H11F2N3O/c16-9-3-4-12(11(17)8-9)20-15-10(5-6-18-15)14(19-20)13-2-1-7-21-13/h1-4,7-8,18H,5-6H2. The Morgan fingerprint density at radius 1 is 1.24 bits per heavy atom. The maximum Gasteiger partial charge on any atom is 0.154 e. The molecule has 6 heteroatoms. The molecule has 0 bridgehead atoms. The summed E-state index contributed by atoms with van der Waals surface area (Å²) < 4.78 is 33.9. The topological polar surface area (TPSA) is 43.0 Å². The third-order valence-electron chi connectivity index (χ3n) is 3.54. The largest absolute Gasteiger partial charge is 0.463 e. The highest BCUT2D eigenvalue weighted by Gasteiger charge is 2.26. The maximum absolute atomic E-state index is 14.0. The molecule has 2 aromatic heterocycles. The van der Waals surface area contributed by atoms with E-state index in [4.69, 9.17) is 4.42 Å². The number of furan rings is 1. The number of nitrogens with one attached hydrogen (secondary N) is 1. The molecule has 0 amide bonds. The van der Waals surface area contributed by atoms with Gasteiger partial charge in [0, 0.05) is 18.2 Å². The van der Waals surface area contributed by atoms with E-state index < -0.39 is 11.6 Å². The molecule has 1 aromatic carbocycles. The number of benzene rings is 1. The first-order valence-electron chi connectivity index (χ1n) is 6.59. The summed E-state index contributed by atoms with van der Waals surface area (Å²) in [5, 5.41) is 7.62. The summed E-state index contributed by atoms with van der Waals surface area (Å²) in [4.78, 5) is 0. The molecule has 4 rings (SSSR count). The minimum Gasteiger partial charge on any atom is -0.463 e. The van der Waals surface area contributed by atoms with Crippen molar-refractivity contribution in [2.24, 2.45) is 0 Å². The van der Waals surface area contributed by atoms with Crippen molar-refractivity contribution in [3.8, 4) is 17.1 Å². The van der Waals surface area contributed by atoms with Gasteiger partial charge in [-0.3, -0.25) is 0 Å². The van der Waals surface area contributed by atoms with Crippen LogP contribution in [0.25, 0.3) is 17.1 Å². The van der Waals surface area contributed by atoms with E-state index in [1.54, 1.807) is 12.3 Å². The van der Waals surface area contributed by atoms with Crippen LogP contribution in [0.3, 0.4) is 0 Å². The van der Waals surface area contributed by atoms with Crippen molar-refractivity contribution in [1.82, 2.24) is 9.78 Å². The van der Waals surface area contributed by atoms with Crippen molar-refractivity contribution in [2.75, 3.05) is 11.9 Å². The van der Waals surface area contributed by atoms with Crippen molar-refractivity contribution in [1.29, 1.82) is 0 Å². The smallest absolute Gasteiger partial charge is 0.154 e. The highest BCUT2D eigenvalue weighted by molar-refractivity contribution is 5.69. The normalized spacial score (nSPS) is 13.2. The summed E-state index contributed by atoms with van der Waals surface area (Å²) in [6.07, 6.45) is 2.36. The Hall–Kier alpha value is -2.63. The molecule has 1 N–H and O–H groups in total. The molecule has 0 saturated carbocycles. The van der Waals surface area contributed by atoms with Gasteiger partial charge in [0.1, 0.15) is 23.0 Å². The quantitative estimate of drug-likeness (QED) is 0.785. The molecule has 21 heavy (non-hydrogen) atoms. The lowest BCUT2D eigenvalue weighted by Crippen LogP contribution is -2.06. The van der Waals surface area contributed by atoms with Gasteiger partial charge >= 0.3 is 0 Å². The van der Waals surface area contributed by atoms with Gasteiger partial charge in [-0.1, -0.05) is 0 Å². The van der Waals surface area contributed by atoms with Gasteiger partial charge < -0.3 is 9.73 Å². The molecule has 0 atom stereocenters. The van der Waals surface area contributed by atoms with Gasteiger partial charge in [0.25, 0.3) is 0 Å². The molecular formula is C15H11F2N3O. The van der Waals surface area contributed by atoms with Gasteiger partial charge in [-0.15, -0.1) is 0 Å². The Bertz CT molecular complexity index is 809. The summed E-state index contributed by atoms with van der Waals surface area (Å²) in [6.45, 7) is 0.754. The average Bonchev–Trinajstić information content (AvgIpc) is 3.15. The zero-order chi connectivity index (χ0) is 14.4. The van der Waals surface area contributed by atoms with Crippen LogP contribution in [0.1, 0.15) is 5.56 Å². The monoisotopic (exact) mass is 287 g/mol. The molecule has 0 spiro atoms. The summed E-state index contributed by atoms with van der Waals surface area (Å²) in [5.41, 5.74) is 1.87. The molecule has 0 saturated heterocycles. The minimum absolute atomic E-state index is 0.208. The van der Waals surface area contributed by atoms with Gasteiger partial charge in [0.15, 0.2) is 11.6 Å². The molecule has 106 valence electrons. The van der Waals surface area contributed by atoms with Crippen molar-refractivity contribution in [3.63, 3.8) is 0 Å². The first-order chi connectivity index (χ1) is 10.2. The fourth-order valence-corrected chi connectivity index (χ4v) is 2.61. The van der Waals surface area contributed by atoms with E-state index in [0.717, 1.165) is 30.4 Å². The van der Waals surface area contributed by atoms with Gasteiger partial charge in [0.05, 0.1) is 6.26 Å². The summed E-state index contributed by atoms with van der Waals surface area (Å²) >= 11 is 0. The van der Waals surface area contributed by atoms with Gasteiger partial charge in [-0.25, -0.2) is 13.5 Å². The van der Waals surface area contributed by atoms with Gasteiger partial charge in [-0.05, 0) is 30.7 Å². The molecule has 3 aromatic rings. The average molecular weight is 287 g/mol. The fourth-order valence-electron chi connectivity index (χ4n) is 2.61. The van der Waals surface area contributed by atoms with E-state index in [1.165, 1.54) is 16.8 Å². The van der Waals surface area contributed by atoms with E-state index in [0.29, 0.717) is 11.5 Å².